The van der Waals surface area contributed by atoms with Crippen LogP contribution in [0.25, 0.3) is 11.1 Å². The van der Waals surface area contributed by atoms with Crippen molar-refractivity contribution in [2.75, 3.05) is 13.2 Å². The van der Waals surface area contributed by atoms with Crippen LogP contribution >= 0.6 is 0 Å². The summed E-state index contributed by atoms with van der Waals surface area (Å²) in [5.41, 5.74) is 5.29. The first-order chi connectivity index (χ1) is 17.3. The average molecular weight is 492 g/mol. The molecule has 36 heavy (non-hydrogen) atoms. The van der Waals surface area contributed by atoms with Crippen LogP contribution in [0.15, 0.2) is 48.5 Å². The first kappa shape index (κ1) is 24.8. The molecule has 2 saturated carbocycles. The summed E-state index contributed by atoms with van der Waals surface area (Å²) < 4.78 is 11.7. The highest BCUT2D eigenvalue weighted by molar-refractivity contribution is 5.79. The van der Waals surface area contributed by atoms with Gasteiger partial charge >= 0.3 is 12.1 Å². The molecule has 2 aromatic rings. The molecule has 192 valence electrons. The van der Waals surface area contributed by atoms with Crippen LogP contribution in [0.4, 0.5) is 4.79 Å². The van der Waals surface area contributed by atoms with Crippen molar-refractivity contribution in [2.45, 2.75) is 70.4 Å². The molecule has 3 aliphatic rings. The molecule has 1 amide bonds. The Balaban J connectivity index is 1.11. The van der Waals surface area contributed by atoms with Crippen molar-refractivity contribution >= 4 is 12.1 Å². The van der Waals surface area contributed by atoms with E-state index in [9.17, 15) is 14.7 Å². The van der Waals surface area contributed by atoms with E-state index in [-0.39, 0.29) is 31.3 Å². The molecule has 2 aromatic carbocycles. The smallest absolute Gasteiger partial charge is 0.407 e. The SMILES string of the molecule is C[C@H](CO[C@H](CC1CC2(CCC2)C1)[C@@H](C)C(=O)O)NC(=O)OCC1c2ccccc2-c2ccccc21. The lowest BCUT2D eigenvalue weighted by molar-refractivity contribution is -0.149. The van der Waals surface area contributed by atoms with Crippen LogP contribution < -0.4 is 5.32 Å². The van der Waals surface area contributed by atoms with Crippen molar-refractivity contribution in [3.63, 3.8) is 0 Å². The van der Waals surface area contributed by atoms with Gasteiger partial charge in [0.15, 0.2) is 0 Å². The van der Waals surface area contributed by atoms with Crippen LogP contribution in [0.5, 0.6) is 0 Å². The highest BCUT2D eigenvalue weighted by Gasteiger charge is 2.48. The molecule has 0 aromatic heterocycles. The zero-order chi connectivity index (χ0) is 25.3. The number of fused-ring (bicyclic) bond motifs is 3. The van der Waals surface area contributed by atoms with Crippen LogP contribution in [-0.4, -0.2) is 42.5 Å². The second-order valence-corrected chi connectivity index (χ2v) is 11.2. The molecular weight excluding hydrogens is 454 g/mol. The number of hydrogen-bond acceptors (Lipinski definition) is 4. The average Bonchev–Trinajstić information content (AvgIpc) is 3.13. The summed E-state index contributed by atoms with van der Waals surface area (Å²) in [5, 5.41) is 12.4. The molecule has 0 unspecified atom stereocenters. The summed E-state index contributed by atoms with van der Waals surface area (Å²) in [7, 11) is 0. The quantitative estimate of drug-likeness (QED) is 0.426. The first-order valence-corrected chi connectivity index (χ1v) is 13.3. The number of benzene rings is 2. The Bertz CT molecular complexity index is 1060. The molecule has 0 aliphatic heterocycles. The van der Waals surface area contributed by atoms with Crippen molar-refractivity contribution < 1.29 is 24.2 Å². The number of amides is 1. The molecule has 5 rings (SSSR count). The molecule has 3 aliphatic carbocycles. The van der Waals surface area contributed by atoms with Crippen molar-refractivity contribution in [2.24, 2.45) is 17.3 Å². The van der Waals surface area contributed by atoms with Gasteiger partial charge in [-0.15, -0.1) is 0 Å². The minimum Gasteiger partial charge on any atom is -0.481 e. The van der Waals surface area contributed by atoms with Gasteiger partial charge in [0.1, 0.15) is 6.61 Å². The summed E-state index contributed by atoms with van der Waals surface area (Å²) in [6.45, 7) is 4.09. The highest BCUT2D eigenvalue weighted by Crippen LogP contribution is 2.60. The Morgan fingerprint density at radius 3 is 2.19 bits per heavy atom. The lowest BCUT2D eigenvalue weighted by Gasteiger charge is -2.55. The third-order valence-corrected chi connectivity index (χ3v) is 8.64. The lowest BCUT2D eigenvalue weighted by Crippen LogP contribution is -2.45. The van der Waals surface area contributed by atoms with Crippen molar-refractivity contribution in [1.82, 2.24) is 5.32 Å². The van der Waals surface area contributed by atoms with E-state index in [0.717, 1.165) is 6.42 Å². The lowest BCUT2D eigenvalue weighted by atomic mass is 9.51. The molecule has 6 nitrogen and oxygen atoms in total. The normalized spacial score (nSPS) is 20.4. The topological polar surface area (TPSA) is 84.9 Å². The van der Waals surface area contributed by atoms with E-state index < -0.39 is 18.0 Å². The fourth-order valence-electron chi connectivity index (χ4n) is 6.47. The fraction of sp³-hybridized carbons (Fsp3) is 0.533. The summed E-state index contributed by atoms with van der Waals surface area (Å²) >= 11 is 0. The van der Waals surface area contributed by atoms with Gasteiger partial charge in [-0.2, -0.15) is 0 Å². The summed E-state index contributed by atoms with van der Waals surface area (Å²) in [4.78, 5) is 24.2. The number of carboxylic acid groups (broad SMARTS) is 1. The van der Waals surface area contributed by atoms with Crippen molar-refractivity contribution in [1.29, 1.82) is 0 Å². The predicted octanol–water partition coefficient (Wildman–Crippen LogP) is 5.99. The molecule has 6 heteroatoms. The summed E-state index contributed by atoms with van der Waals surface area (Å²) in [6, 6.07) is 16.2. The Kier molecular flexibility index (Phi) is 7.07. The highest BCUT2D eigenvalue weighted by atomic mass is 16.5. The van der Waals surface area contributed by atoms with E-state index in [2.05, 4.69) is 29.6 Å². The fourth-order valence-corrected chi connectivity index (χ4v) is 6.47. The number of hydrogen-bond donors (Lipinski definition) is 2. The number of rotatable bonds is 10. The maximum absolute atomic E-state index is 12.6. The van der Waals surface area contributed by atoms with E-state index >= 15 is 0 Å². The van der Waals surface area contributed by atoms with E-state index in [1.165, 1.54) is 54.4 Å². The number of nitrogens with one attached hydrogen (secondary N) is 1. The Labute approximate surface area is 213 Å². The molecular formula is C30H37NO5. The molecule has 2 fully saturated rings. The van der Waals surface area contributed by atoms with Crippen molar-refractivity contribution in [3.05, 3.63) is 59.7 Å². The van der Waals surface area contributed by atoms with Crippen LogP contribution in [0.1, 0.15) is 69.4 Å². The molecule has 3 atom stereocenters. The summed E-state index contributed by atoms with van der Waals surface area (Å²) in [5.74, 6) is -0.862. The van der Waals surface area contributed by atoms with Gasteiger partial charge in [-0.25, -0.2) is 4.79 Å². The third-order valence-electron chi connectivity index (χ3n) is 8.64. The van der Waals surface area contributed by atoms with Gasteiger partial charge in [-0.05, 0) is 79.5 Å². The Morgan fingerprint density at radius 2 is 1.64 bits per heavy atom. The monoisotopic (exact) mass is 491 g/mol. The zero-order valence-corrected chi connectivity index (χ0v) is 21.2. The predicted molar refractivity (Wildman–Crippen MR) is 138 cm³/mol. The number of carbonyl (C=O) groups excluding carboxylic acids is 1. The number of carboxylic acids is 1. The standard InChI is InChI=1S/C30H37NO5/c1-19(17-35-27(20(2)28(32)33)14-21-15-30(16-21)12-7-13-30)31-29(34)36-18-26-24-10-5-3-8-22(24)23-9-4-6-11-25(23)26/h3-6,8-11,19-21,26-27H,7,12-18H2,1-2H3,(H,31,34)(H,32,33)/t19-,20-,27-/m1/s1. The van der Waals surface area contributed by atoms with E-state index in [0.29, 0.717) is 11.3 Å². The minimum atomic E-state index is -0.838. The van der Waals surface area contributed by atoms with Crippen LogP contribution in [0.3, 0.4) is 0 Å². The Hall–Kier alpha value is -2.86. The number of carbonyl (C=O) groups is 2. The molecule has 0 radical (unpaired) electrons. The van der Waals surface area contributed by atoms with Gasteiger partial charge in [0.05, 0.1) is 24.7 Å². The Morgan fingerprint density at radius 1 is 1.03 bits per heavy atom. The number of ether oxygens (including phenoxy) is 2. The second kappa shape index (κ2) is 10.3. The van der Waals surface area contributed by atoms with Crippen LogP contribution in [0.2, 0.25) is 0 Å². The first-order valence-electron chi connectivity index (χ1n) is 13.3. The third kappa shape index (κ3) is 5.01. The minimum absolute atomic E-state index is 0.0111. The van der Waals surface area contributed by atoms with Gasteiger partial charge < -0.3 is 19.9 Å². The second-order valence-electron chi connectivity index (χ2n) is 11.2. The van der Waals surface area contributed by atoms with Crippen LogP contribution in [-0.2, 0) is 14.3 Å². The maximum Gasteiger partial charge on any atom is 0.407 e. The summed E-state index contributed by atoms with van der Waals surface area (Å²) in [6.07, 6.45) is 6.32. The molecule has 0 bridgehead atoms. The van der Waals surface area contributed by atoms with Gasteiger partial charge in [-0.3, -0.25) is 4.79 Å². The molecule has 0 saturated heterocycles. The molecule has 0 heterocycles. The van der Waals surface area contributed by atoms with Gasteiger partial charge in [0.2, 0.25) is 0 Å². The largest absolute Gasteiger partial charge is 0.481 e. The zero-order valence-electron chi connectivity index (χ0n) is 21.2. The van der Waals surface area contributed by atoms with Gasteiger partial charge in [0.25, 0.3) is 0 Å². The van der Waals surface area contributed by atoms with E-state index in [1.807, 2.05) is 31.2 Å². The van der Waals surface area contributed by atoms with Gasteiger partial charge in [0, 0.05) is 5.92 Å². The van der Waals surface area contributed by atoms with E-state index in [1.54, 1.807) is 6.92 Å². The molecule has 1 spiro atoms. The number of aliphatic carboxylic acids is 1. The maximum atomic E-state index is 12.6. The number of alkyl carbamates (subject to hydrolysis) is 1. The van der Waals surface area contributed by atoms with Crippen LogP contribution in [0, 0.1) is 17.3 Å². The molecule has 2 N–H and O–H groups in total. The van der Waals surface area contributed by atoms with Gasteiger partial charge in [-0.1, -0.05) is 55.0 Å². The van der Waals surface area contributed by atoms with Crippen molar-refractivity contribution in [3.8, 4) is 11.1 Å². The van der Waals surface area contributed by atoms with E-state index in [4.69, 9.17) is 9.47 Å².